The van der Waals surface area contributed by atoms with E-state index >= 15 is 0 Å². The van der Waals surface area contributed by atoms with Crippen LogP contribution in [0.4, 0.5) is 0 Å². The Morgan fingerprint density at radius 1 is 1.35 bits per heavy atom. The van der Waals surface area contributed by atoms with Crippen LogP contribution in [0.5, 0.6) is 0 Å². The summed E-state index contributed by atoms with van der Waals surface area (Å²) in [5.41, 5.74) is 1.85. The molecule has 0 radical (unpaired) electrons. The number of nitrogens with one attached hydrogen (secondary N) is 1. The molecule has 0 spiro atoms. The molecule has 1 aromatic carbocycles. The maximum absolute atomic E-state index is 12.3. The first-order valence-electron chi connectivity index (χ1n) is 6.98. The smallest absolute Gasteiger partial charge is 0.318 e. The lowest BCUT2D eigenvalue weighted by Crippen LogP contribution is -2.51. The minimum Gasteiger partial charge on any atom is -0.465 e. The molecule has 0 fully saturated rings. The molecule has 0 aromatic heterocycles. The Kier molecular flexibility index (Phi) is 4.12. The van der Waals surface area contributed by atoms with Crippen LogP contribution in [0.2, 0.25) is 0 Å². The van der Waals surface area contributed by atoms with Crippen molar-refractivity contribution in [2.45, 2.75) is 39.2 Å². The topological polar surface area (TPSA) is 55.4 Å². The molecule has 1 amide bonds. The molecule has 0 aliphatic carbocycles. The highest BCUT2D eigenvalue weighted by molar-refractivity contribution is 5.98. The van der Waals surface area contributed by atoms with Crippen molar-refractivity contribution in [2.24, 2.45) is 5.92 Å². The van der Waals surface area contributed by atoms with Crippen LogP contribution in [0.25, 0.3) is 0 Å². The number of hydrogen-bond acceptors (Lipinski definition) is 3. The molecule has 1 unspecified atom stereocenters. The Bertz CT molecular complexity index is 522. The van der Waals surface area contributed by atoms with Gasteiger partial charge in [0.15, 0.2) is 0 Å². The largest absolute Gasteiger partial charge is 0.465 e. The van der Waals surface area contributed by atoms with E-state index in [-0.39, 0.29) is 18.1 Å². The fourth-order valence-electron chi connectivity index (χ4n) is 2.62. The summed E-state index contributed by atoms with van der Waals surface area (Å²) in [7, 11) is 0. The summed E-state index contributed by atoms with van der Waals surface area (Å²) in [4.78, 5) is 24.3. The molecule has 1 atom stereocenters. The lowest BCUT2D eigenvalue weighted by molar-refractivity contribution is -0.152. The van der Waals surface area contributed by atoms with Crippen molar-refractivity contribution in [1.29, 1.82) is 0 Å². The van der Waals surface area contributed by atoms with Gasteiger partial charge in [0, 0.05) is 5.54 Å². The van der Waals surface area contributed by atoms with Crippen LogP contribution >= 0.6 is 0 Å². The van der Waals surface area contributed by atoms with E-state index in [1.807, 2.05) is 32.0 Å². The van der Waals surface area contributed by atoms with Crippen LogP contribution in [0.3, 0.4) is 0 Å². The summed E-state index contributed by atoms with van der Waals surface area (Å²) in [5.74, 6) is -1.46. The lowest BCUT2D eigenvalue weighted by atomic mass is 9.85. The molecule has 1 N–H and O–H groups in total. The highest BCUT2D eigenvalue weighted by Gasteiger charge is 2.35. The Balaban J connectivity index is 2.37. The van der Waals surface area contributed by atoms with E-state index in [0.717, 1.165) is 12.0 Å². The van der Waals surface area contributed by atoms with Gasteiger partial charge >= 0.3 is 5.97 Å². The van der Waals surface area contributed by atoms with Crippen LogP contribution in [-0.2, 0) is 27.2 Å². The van der Waals surface area contributed by atoms with Crippen LogP contribution < -0.4 is 5.32 Å². The first-order valence-corrected chi connectivity index (χ1v) is 6.98. The number of benzene rings is 1. The maximum atomic E-state index is 12.3. The second kappa shape index (κ2) is 5.65. The number of ether oxygens (including phenoxy) is 1. The zero-order valence-corrected chi connectivity index (χ0v) is 12.2. The normalized spacial score (nSPS) is 21.1. The van der Waals surface area contributed by atoms with E-state index in [2.05, 4.69) is 11.4 Å². The summed E-state index contributed by atoms with van der Waals surface area (Å²) in [6.45, 7) is 5.97. The van der Waals surface area contributed by atoms with Gasteiger partial charge in [0.25, 0.3) is 0 Å². The van der Waals surface area contributed by atoms with Crippen LogP contribution in [0, 0.1) is 5.92 Å². The standard InChI is InChI=1S/C16H21NO3/c1-4-20-15(19)13-9-11-7-5-6-8-12(11)10-16(2,3)17-14(13)18/h5-8,13H,4,9-10H2,1-3H3,(H,17,18). The highest BCUT2D eigenvalue weighted by Crippen LogP contribution is 2.24. The van der Waals surface area contributed by atoms with Gasteiger partial charge in [-0.2, -0.15) is 0 Å². The van der Waals surface area contributed by atoms with Crippen LogP contribution in [-0.4, -0.2) is 24.0 Å². The van der Waals surface area contributed by atoms with E-state index in [1.165, 1.54) is 5.56 Å². The SMILES string of the molecule is CCOC(=O)C1Cc2ccccc2CC(C)(C)NC1=O. The molecule has 4 heteroatoms. The molecule has 20 heavy (non-hydrogen) atoms. The van der Waals surface area contributed by atoms with Crippen molar-refractivity contribution >= 4 is 11.9 Å². The Morgan fingerprint density at radius 3 is 2.65 bits per heavy atom. The monoisotopic (exact) mass is 275 g/mol. The van der Waals surface area contributed by atoms with Gasteiger partial charge in [0.05, 0.1) is 6.61 Å². The average molecular weight is 275 g/mol. The zero-order chi connectivity index (χ0) is 14.8. The van der Waals surface area contributed by atoms with Crippen LogP contribution in [0.1, 0.15) is 31.9 Å². The van der Waals surface area contributed by atoms with Crippen molar-refractivity contribution in [1.82, 2.24) is 5.32 Å². The summed E-state index contributed by atoms with van der Waals surface area (Å²) in [6.07, 6.45) is 1.15. The van der Waals surface area contributed by atoms with E-state index in [9.17, 15) is 9.59 Å². The van der Waals surface area contributed by atoms with E-state index in [1.54, 1.807) is 6.92 Å². The Labute approximate surface area is 119 Å². The van der Waals surface area contributed by atoms with Crippen molar-refractivity contribution in [2.75, 3.05) is 6.61 Å². The molecule has 2 rings (SSSR count). The predicted molar refractivity (Wildman–Crippen MR) is 76.2 cm³/mol. The zero-order valence-electron chi connectivity index (χ0n) is 12.2. The first kappa shape index (κ1) is 14.6. The van der Waals surface area contributed by atoms with Crippen LogP contribution in [0.15, 0.2) is 24.3 Å². The van der Waals surface area contributed by atoms with Crippen molar-refractivity contribution in [3.05, 3.63) is 35.4 Å². The second-order valence-corrected chi connectivity index (χ2v) is 5.83. The fourth-order valence-corrected chi connectivity index (χ4v) is 2.62. The molecule has 0 saturated heterocycles. The number of hydrogen-bond donors (Lipinski definition) is 1. The molecule has 1 heterocycles. The summed E-state index contributed by atoms with van der Waals surface area (Å²) in [6, 6.07) is 7.96. The third-order valence-corrected chi connectivity index (χ3v) is 3.52. The third kappa shape index (κ3) is 3.18. The van der Waals surface area contributed by atoms with Gasteiger partial charge in [-0.25, -0.2) is 0 Å². The molecule has 4 nitrogen and oxygen atoms in total. The van der Waals surface area contributed by atoms with Gasteiger partial charge in [0.1, 0.15) is 5.92 Å². The number of carbonyl (C=O) groups excluding carboxylic acids is 2. The number of fused-ring (bicyclic) bond motifs is 1. The van der Waals surface area contributed by atoms with E-state index in [4.69, 9.17) is 4.74 Å². The Morgan fingerprint density at radius 2 is 2.00 bits per heavy atom. The molecule has 0 bridgehead atoms. The summed E-state index contributed by atoms with van der Waals surface area (Å²) < 4.78 is 5.03. The minimum atomic E-state index is -0.768. The van der Waals surface area contributed by atoms with Gasteiger partial charge in [-0.1, -0.05) is 24.3 Å². The third-order valence-electron chi connectivity index (χ3n) is 3.52. The number of rotatable bonds is 2. The quantitative estimate of drug-likeness (QED) is 0.662. The molecular formula is C16H21NO3. The average Bonchev–Trinajstić information content (AvgIpc) is 2.35. The first-order chi connectivity index (χ1) is 9.43. The highest BCUT2D eigenvalue weighted by atomic mass is 16.5. The fraction of sp³-hybridized carbons (Fsp3) is 0.500. The molecule has 1 aliphatic rings. The molecule has 0 saturated carbocycles. The molecule has 1 aromatic rings. The molecule has 108 valence electrons. The predicted octanol–water partition coefficient (Wildman–Crippen LogP) is 1.86. The number of esters is 1. The van der Waals surface area contributed by atoms with Gasteiger partial charge in [-0.15, -0.1) is 0 Å². The van der Waals surface area contributed by atoms with E-state index < -0.39 is 11.9 Å². The van der Waals surface area contributed by atoms with E-state index in [0.29, 0.717) is 6.42 Å². The Hall–Kier alpha value is -1.84. The van der Waals surface area contributed by atoms with Gasteiger partial charge in [-0.3, -0.25) is 9.59 Å². The van der Waals surface area contributed by atoms with Gasteiger partial charge in [0.2, 0.25) is 5.91 Å². The molecular weight excluding hydrogens is 254 g/mol. The maximum Gasteiger partial charge on any atom is 0.318 e. The lowest BCUT2D eigenvalue weighted by Gasteiger charge is -2.32. The van der Waals surface area contributed by atoms with Gasteiger partial charge < -0.3 is 10.1 Å². The molecule has 1 aliphatic heterocycles. The van der Waals surface area contributed by atoms with Gasteiger partial charge in [-0.05, 0) is 44.7 Å². The number of carbonyl (C=O) groups is 2. The van der Waals surface area contributed by atoms with Crippen molar-refractivity contribution in [3.8, 4) is 0 Å². The summed E-state index contributed by atoms with van der Waals surface area (Å²) >= 11 is 0. The van der Waals surface area contributed by atoms with Crippen molar-refractivity contribution < 1.29 is 14.3 Å². The minimum absolute atomic E-state index is 0.247. The summed E-state index contributed by atoms with van der Waals surface area (Å²) in [5, 5.41) is 2.95. The number of amides is 1. The van der Waals surface area contributed by atoms with Crippen molar-refractivity contribution in [3.63, 3.8) is 0 Å². The second-order valence-electron chi connectivity index (χ2n) is 5.83.